The highest BCUT2D eigenvalue weighted by Crippen LogP contribution is 2.11. The van der Waals surface area contributed by atoms with Gasteiger partial charge in [0.25, 0.3) is 0 Å². The van der Waals surface area contributed by atoms with Gasteiger partial charge in [0.1, 0.15) is 25.4 Å². The molecule has 0 fully saturated rings. The van der Waals surface area contributed by atoms with Gasteiger partial charge in [-0.2, -0.15) is 0 Å². The van der Waals surface area contributed by atoms with Crippen LogP contribution in [0.4, 0.5) is 0 Å². The standard InChI is InChI=1S/C44H18NO2/c1-7-9-11-13-15-17-19-21-23-25-27-29-31-33-35-37-39-46-42-44(41-45(5,6)43(3)4)47-40-38-36-34-32-30-28-26-24-22-20-18-16-14-12-10-8-2/h1-2,44H,3,41-42H2,4-6H3/q+1. The lowest BCUT2D eigenvalue weighted by atomic mass is 10.3. The molecule has 210 valence electrons. The molecule has 0 aromatic rings. The van der Waals surface area contributed by atoms with Crippen molar-refractivity contribution in [3.8, 4) is 215 Å². The monoisotopic (exact) mass is 592 g/mol. The van der Waals surface area contributed by atoms with Crippen LogP contribution in [0.5, 0.6) is 0 Å². The molecule has 0 aliphatic heterocycles. The molecule has 0 rings (SSSR count). The number of quaternary nitrogens is 1. The predicted molar refractivity (Wildman–Crippen MR) is 185 cm³/mol. The lowest BCUT2D eigenvalue weighted by Crippen LogP contribution is -2.45. The zero-order valence-corrected chi connectivity index (χ0v) is 25.6. The fraction of sp³-hybridized carbons (Fsp3) is 0.136. The molecule has 0 aromatic heterocycles. The summed E-state index contributed by atoms with van der Waals surface area (Å²) in [5.41, 5.74) is 0.924. The minimum absolute atomic E-state index is 0.127. The summed E-state index contributed by atoms with van der Waals surface area (Å²) < 4.78 is 11.5. The van der Waals surface area contributed by atoms with Gasteiger partial charge in [-0.05, 0) is 101 Å². The summed E-state index contributed by atoms with van der Waals surface area (Å²) in [6.45, 7) is 6.58. The fourth-order valence-electron chi connectivity index (χ4n) is 2.01. The molecule has 0 aliphatic rings. The molecule has 0 saturated carbocycles. The largest absolute Gasteiger partial charge is 0.442 e. The molecule has 3 nitrogen and oxygen atoms in total. The third-order valence-corrected chi connectivity index (χ3v) is 4.26. The average molecular weight is 593 g/mol. The third-order valence-electron chi connectivity index (χ3n) is 4.26. The second kappa shape index (κ2) is 28.9. The molecule has 0 aliphatic carbocycles. The summed E-state index contributed by atoms with van der Waals surface area (Å²) in [6, 6.07) is 0. The van der Waals surface area contributed by atoms with Crippen molar-refractivity contribution in [2.75, 3.05) is 27.2 Å². The first-order valence-corrected chi connectivity index (χ1v) is 12.6. The second-order valence-corrected chi connectivity index (χ2v) is 7.90. The summed E-state index contributed by atoms with van der Waals surface area (Å²) in [5.74, 6) is 79.0. The Morgan fingerprint density at radius 2 is 0.766 bits per heavy atom. The molecule has 0 heterocycles. The van der Waals surface area contributed by atoms with Crippen LogP contribution in [-0.2, 0) is 9.47 Å². The van der Waals surface area contributed by atoms with Gasteiger partial charge >= 0.3 is 0 Å². The van der Waals surface area contributed by atoms with E-state index in [1.807, 2.05) is 21.0 Å². The lowest BCUT2D eigenvalue weighted by Gasteiger charge is -2.31. The van der Waals surface area contributed by atoms with Crippen LogP contribution in [0.25, 0.3) is 0 Å². The first-order valence-electron chi connectivity index (χ1n) is 12.6. The Morgan fingerprint density at radius 3 is 1.06 bits per heavy atom. The maximum Gasteiger partial charge on any atom is 0.194 e. The van der Waals surface area contributed by atoms with Gasteiger partial charge < -0.3 is 9.47 Å². The van der Waals surface area contributed by atoms with Gasteiger partial charge in [-0.25, -0.2) is 0 Å². The van der Waals surface area contributed by atoms with Gasteiger partial charge in [0.2, 0.25) is 0 Å². The van der Waals surface area contributed by atoms with Gasteiger partial charge in [-0.3, -0.25) is 4.48 Å². The van der Waals surface area contributed by atoms with Crippen molar-refractivity contribution < 1.29 is 14.0 Å². The van der Waals surface area contributed by atoms with Crippen LogP contribution in [0.15, 0.2) is 12.3 Å². The van der Waals surface area contributed by atoms with Crippen molar-refractivity contribution in [2.24, 2.45) is 0 Å². The van der Waals surface area contributed by atoms with Gasteiger partial charge in [0.15, 0.2) is 6.10 Å². The highest BCUT2D eigenvalue weighted by atomic mass is 16.5. The maximum absolute atomic E-state index is 5.62. The van der Waals surface area contributed by atoms with Crippen molar-refractivity contribution in [1.29, 1.82) is 0 Å². The smallest absolute Gasteiger partial charge is 0.194 e. The number of terminal acetylenes is 2. The Balaban J connectivity index is 5.04. The third kappa shape index (κ3) is 27.3. The van der Waals surface area contributed by atoms with Crippen LogP contribution < -0.4 is 0 Å². The maximum atomic E-state index is 5.62. The Bertz CT molecular complexity index is 2370. The Morgan fingerprint density at radius 1 is 0.489 bits per heavy atom. The van der Waals surface area contributed by atoms with Crippen LogP contribution in [0.1, 0.15) is 6.92 Å². The van der Waals surface area contributed by atoms with E-state index in [4.69, 9.17) is 22.3 Å². The number of rotatable bonds is 6. The molecule has 0 aromatic carbocycles. The van der Waals surface area contributed by atoms with Crippen LogP contribution >= 0.6 is 0 Å². The van der Waals surface area contributed by atoms with E-state index >= 15 is 0 Å². The van der Waals surface area contributed by atoms with Crippen molar-refractivity contribution in [2.45, 2.75) is 13.0 Å². The van der Waals surface area contributed by atoms with Gasteiger partial charge in [-0.1, -0.05) is 0 Å². The Labute approximate surface area is 280 Å². The molecule has 1 unspecified atom stereocenters. The molecule has 0 radical (unpaired) electrons. The predicted octanol–water partition coefficient (Wildman–Crippen LogP) is 1.23. The van der Waals surface area contributed by atoms with Gasteiger partial charge in [0.05, 0.1) is 19.8 Å². The van der Waals surface area contributed by atoms with Crippen LogP contribution in [0.2, 0.25) is 0 Å². The van der Waals surface area contributed by atoms with Crippen molar-refractivity contribution >= 4 is 0 Å². The van der Waals surface area contributed by atoms with Crippen LogP contribution in [0.3, 0.4) is 0 Å². The molecular formula is C44H18NO2+. The van der Waals surface area contributed by atoms with Crippen molar-refractivity contribution in [3.63, 3.8) is 0 Å². The molecule has 0 amide bonds. The highest BCUT2D eigenvalue weighted by molar-refractivity contribution is 5.47. The Hall–Kier alpha value is -8.62. The summed E-state index contributed by atoms with van der Waals surface area (Å²) in [5, 5.41) is 0. The second-order valence-electron chi connectivity index (χ2n) is 7.90. The van der Waals surface area contributed by atoms with Crippen molar-refractivity contribution in [1.82, 2.24) is 0 Å². The van der Waals surface area contributed by atoms with Crippen LogP contribution in [-0.4, -0.2) is 37.8 Å². The summed E-state index contributed by atoms with van der Waals surface area (Å²) in [7, 11) is 3.97. The molecule has 1 atom stereocenters. The van der Waals surface area contributed by atoms with E-state index in [1.165, 1.54) is 0 Å². The minimum Gasteiger partial charge on any atom is -0.442 e. The van der Waals surface area contributed by atoms with Gasteiger partial charge in [0, 0.05) is 102 Å². The molecule has 0 spiro atoms. The molecule has 0 saturated heterocycles. The first kappa shape index (κ1) is 38.4. The summed E-state index contributed by atoms with van der Waals surface area (Å²) in [4.78, 5) is 0. The number of nitrogens with zero attached hydrogens (tertiary/aromatic N) is 1. The number of hydrogen-bond acceptors (Lipinski definition) is 2. The van der Waals surface area contributed by atoms with E-state index in [0.29, 0.717) is 11.0 Å². The number of allylic oxidation sites excluding steroid dienone is 1. The SMILES string of the molecule is C#CC#CC#CC#CC#CC#CC#CC#CC#COCC(C[N+](C)(C)C(=C)C)OC#CC#CC#CC#CC#CC#CC#CC#CC#C. The number of likely N-dealkylation sites (N-methyl/N-ethyl adjacent to an activating group) is 1. The minimum atomic E-state index is -0.436. The zero-order chi connectivity index (χ0) is 34.5. The molecule has 3 heteroatoms. The normalized spacial score (nSPS) is 6.57. The molecule has 47 heavy (non-hydrogen) atoms. The summed E-state index contributed by atoms with van der Waals surface area (Å²) >= 11 is 0. The number of hydrogen-bond donors (Lipinski definition) is 0. The van der Waals surface area contributed by atoms with E-state index in [2.05, 4.69) is 208 Å². The molecule has 0 bridgehead atoms. The zero-order valence-electron chi connectivity index (χ0n) is 25.6. The molecular weight excluding hydrogens is 574 g/mol. The van der Waals surface area contributed by atoms with E-state index in [-0.39, 0.29) is 6.61 Å². The van der Waals surface area contributed by atoms with Gasteiger partial charge in [-0.15, -0.1) is 12.8 Å². The molecule has 0 N–H and O–H groups in total. The highest BCUT2D eigenvalue weighted by Gasteiger charge is 2.24. The van der Waals surface area contributed by atoms with E-state index in [9.17, 15) is 0 Å². The van der Waals surface area contributed by atoms with E-state index in [1.54, 1.807) is 0 Å². The Kier molecular flexibility index (Phi) is 23.6. The first-order chi connectivity index (χ1) is 22.9. The average Bonchev–Trinajstić information content (AvgIpc) is 3.05. The topological polar surface area (TPSA) is 18.5 Å². The quantitative estimate of drug-likeness (QED) is 0.342. The number of ether oxygens (including phenoxy) is 2. The lowest BCUT2D eigenvalue weighted by molar-refractivity contribution is -0.855. The van der Waals surface area contributed by atoms with E-state index in [0.717, 1.165) is 5.70 Å². The van der Waals surface area contributed by atoms with Crippen LogP contribution in [0, 0.1) is 215 Å². The van der Waals surface area contributed by atoms with E-state index < -0.39 is 6.10 Å². The van der Waals surface area contributed by atoms with Crippen molar-refractivity contribution in [3.05, 3.63) is 12.3 Å². The fourth-order valence-corrected chi connectivity index (χ4v) is 2.01. The summed E-state index contributed by atoms with van der Waals surface area (Å²) in [6.07, 6.45) is 14.5.